The summed E-state index contributed by atoms with van der Waals surface area (Å²) >= 11 is 0.933. The molecule has 11 heavy (non-hydrogen) atoms. The Balaban J connectivity index is 3.57. The van der Waals surface area contributed by atoms with E-state index in [0.29, 0.717) is 19.2 Å². The van der Waals surface area contributed by atoms with Gasteiger partial charge in [0.1, 0.15) is 0 Å². The van der Waals surface area contributed by atoms with Crippen LogP contribution >= 0.6 is 19.0 Å². The highest BCUT2D eigenvalue weighted by Crippen LogP contribution is 2.36. The van der Waals surface area contributed by atoms with Crippen LogP contribution in [0.2, 0.25) is 0 Å². The first-order valence-electron chi connectivity index (χ1n) is 2.41. The van der Waals surface area contributed by atoms with Crippen molar-refractivity contribution in [2.24, 2.45) is 0 Å². The van der Waals surface area contributed by atoms with Gasteiger partial charge in [-0.25, -0.2) is 0 Å². The summed E-state index contributed by atoms with van der Waals surface area (Å²) < 4.78 is 2.24. The predicted molar refractivity (Wildman–Crippen MR) is 42.1 cm³/mol. The normalized spacial score (nSPS) is 8.45. The van der Waals surface area contributed by atoms with Gasteiger partial charge >= 0.3 is 0 Å². The van der Waals surface area contributed by atoms with Crippen LogP contribution in [0.1, 0.15) is 0 Å². The summed E-state index contributed by atoms with van der Waals surface area (Å²) in [6.45, 7) is 0. The quantitative estimate of drug-likeness (QED) is 0.279. The van der Waals surface area contributed by atoms with Gasteiger partial charge in [0.2, 0.25) is 19.2 Å². The molecule has 8 heteroatoms. The summed E-state index contributed by atoms with van der Waals surface area (Å²) in [5.41, 5.74) is 0. The Morgan fingerprint density at radius 3 is 1.91 bits per heavy atom. The van der Waals surface area contributed by atoms with Crippen LogP contribution in [0.3, 0.4) is 0 Å². The zero-order valence-electron chi connectivity index (χ0n) is 5.31. The fourth-order valence-electron chi connectivity index (χ4n) is 0.260. The number of rotatable bonds is 7. The highest BCUT2D eigenvalue weighted by molar-refractivity contribution is 8.53. The van der Waals surface area contributed by atoms with Gasteiger partial charge in [-0.15, -0.1) is 0 Å². The molecule has 0 spiro atoms. The standard InChI is InChI=1S/C3H6N3O3PS/c7-1-4-10(5-2-8)11-6-3-9/h1-3H,(H,4,7)(H,5,8)(H,6,9). The Labute approximate surface area is 68.2 Å². The zero-order valence-corrected chi connectivity index (χ0v) is 7.02. The molecule has 0 unspecified atom stereocenters. The van der Waals surface area contributed by atoms with E-state index in [1.54, 1.807) is 0 Å². The number of carbonyl (C=O) groups is 3. The van der Waals surface area contributed by atoms with Crippen LogP contribution in [0.25, 0.3) is 0 Å². The van der Waals surface area contributed by atoms with E-state index in [4.69, 9.17) is 0 Å². The van der Waals surface area contributed by atoms with Crippen molar-refractivity contribution in [2.75, 3.05) is 0 Å². The molecule has 3 N–H and O–H groups in total. The van der Waals surface area contributed by atoms with Crippen molar-refractivity contribution in [1.82, 2.24) is 14.9 Å². The third kappa shape index (κ3) is 5.63. The van der Waals surface area contributed by atoms with Gasteiger partial charge in [-0.05, 0) is 0 Å². The molecule has 0 aliphatic rings. The Bertz CT molecular complexity index is 136. The van der Waals surface area contributed by atoms with E-state index < -0.39 is 7.42 Å². The summed E-state index contributed by atoms with van der Waals surface area (Å²) in [6.07, 6.45) is 1.35. The van der Waals surface area contributed by atoms with Gasteiger partial charge in [-0.3, -0.25) is 19.1 Å². The first-order chi connectivity index (χ1) is 5.35. The molecule has 62 valence electrons. The van der Waals surface area contributed by atoms with Crippen molar-refractivity contribution in [3.8, 4) is 0 Å². The van der Waals surface area contributed by atoms with E-state index in [1.807, 2.05) is 0 Å². The van der Waals surface area contributed by atoms with Crippen LogP contribution in [0.15, 0.2) is 0 Å². The molecule has 0 bridgehead atoms. The van der Waals surface area contributed by atoms with Gasteiger partial charge in [-0.1, -0.05) is 0 Å². The first kappa shape index (κ1) is 10.2. The molecule has 0 atom stereocenters. The molecule has 0 heterocycles. The predicted octanol–water partition coefficient (Wildman–Crippen LogP) is -0.901. The number of amides is 3. The Hall–Kier alpha value is -0.810. The maximum absolute atomic E-state index is 9.87. The molecule has 3 amide bonds. The number of carbonyl (C=O) groups excluding carboxylic acids is 3. The molecular weight excluding hydrogens is 189 g/mol. The van der Waals surface area contributed by atoms with Gasteiger partial charge < -0.3 is 10.2 Å². The van der Waals surface area contributed by atoms with Crippen molar-refractivity contribution in [3.63, 3.8) is 0 Å². The van der Waals surface area contributed by atoms with Gasteiger partial charge in [0.15, 0.2) is 7.42 Å². The highest BCUT2D eigenvalue weighted by atomic mass is 32.7. The second-order valence-electron chi connectivity index (χ2n) is 1.12. The fourth-order valence-corrected chi connectivity index (χ4v) is 1.80. The minimum absolute atomic E-state index is 0.446. The molecule has 6 nitrogen and oxygen atoms in total. The summed E-state index contributed by atoms with van der Waals surface area (Å²) in [4.78, 5) is 29.5. The molecule has 0 fully saturated rings. The van der Waals surface area contributed by atoms with Crippen molar-refractivity contribution in [3.05, 3.63) is 0 Å². The topological polar surface area (TPSA) is 87.3 Å². The molecule has 0 aromatic carbocycles. The summed E-state index contributed by atoms with van der Waals surface area (Å²) in [7, 11) is -1.23. The van der Waals surface area contributed by atoms with E-state index in [-0.39, 0.29) is 0 Å². The lowest BCUT2D eigenvalue weighted by atomic mass is 11.5. The minimum Gasteiger partial charge on any atom is -0.311 e. The van der Waals surface area contributed by atoms with Crippen molar-refractivity contribution in [1.29, 1.82) is 0 Å². The lowest BCUT2D eigenvalue weighted by molar-refractivity contribution is -0.109. The zero-order chi connectivity index (χ0) is 8.53. The summed E-state index contributed by atoms with van der Waals surface area (Å²) in [5, 5.41) is 4.60. The second-order valence-corrected chi connectivity index (χ2v) is 4.28. The lowest BCUT2D eigenvalue weighted by Crippen LogP contribution is -2.16. The molecule has 0 aliphatic carbocycles. The summed E-state index contributed by atoms with van der Waals surface area (Å²) in [5.74, 6) is 0. The van der Waals surface area contributed by atoms with E-state index in [9.17, 15) is 14.4 Å². The fraction of sp³-hybridized carbons (Fsp3) is 0. The van der Waals surface area contributed by atoms with E-state index in [1.165, 1.54) is 0 Å². The Kier molecular flexibility index (Phi) is 6.76. The third-order valence-electron chi connectivity index (χ3n) is 0.532. The van der Waals surface area contributed by atoms with E-state index >= 15 is 0 Å². The third-order valence-corrected chi connectivity index (χ3v) is 3.09. The van der Waals surface area contributed by atoms with Gasteiger partial charge in [0.05, 0.1) is 0 Å². The van der Waals surface area contributed by atoms with Crippen LogP contribution in [0, 0.1) is 0 Å². The van der Waals surface area contributed by atoms with Crippen molar-refractivity contribution in [2.45, 2.75) is 0 Å². The minimum atomic E-state index is -1.23. The van der Waals surface area contributed by atoms with Crippen LogP contribution in [0.4, 0.5) is 0 Å². The van der Waals surface area contributed by atoms with Crippen LogP contribution in [0.5, 0.6) is 0 Å². The van der Waals surface area contributed by atoms with Gasteiger partial charge in [0.25, 0.3) is 0 Å². The Morgan fingerprint density at radius 1 is 1.00 bits per heavy atom. The number of hydrogen-bond acceptors (Lipinski definition) is 4. The highest BCUT2D eigenvalue weighted by Gasteiger charge is 2.04. The average Bonchev–Trinajstić information content (AvgIpc) is 2.01. The maximum Gasteiger partial charge on any atom is 0.217 e. The number of hydrogen-bond donors (Lipinski definition) is 3. The molecular formula is C3H6N3O3PS. The van der Waals surface area contributed by atoms with E-state index in [0.717, 1.165) is 11.6 Å². The van der Waals surface area contributed by atoms with Gasteiger partial charge in [-0.2, -0.15) is 0 Å². The monoisotopic (exact) mass is 195 g/mol. The van der Waals surface area contributed by atoms with Gasteiger partial charge in [0, 0.05) is 11.6 Å². The van der Waals surface area contributed by atoms with Crippen LogP contribution in [-0.2, 0) is 14.4 Å². The van der Waals surface area contributed by atoms with E-state index in [2.05, 4.69) is 14.9 Å². The molecule has 0 aromatic rings. The molecule has 0 aliphatic heterocycles. The summed E-state index contributed by atoms with van der Waals surface area (Å²) in [6, 6.07) is 0. The maximum atomic E-state index is 9.87. The van der Waals surface area contributed by atoms with Crippen molar-refractivity contribution >= 4 is 38.2 Å². The molecule has 0 aromatic heterocycles. The largest absolute Gasteiger partial charge is 0.311 e. The molecule has 0 saturated carbocycles. The lowest BCUT2D eigenvalue weighted by Gasteiger charge is -2.10. The molecule has 0 radical (unpaired) electrons. The Morgan fingerprint density at radius 2 is 1.55 bits per heavy atom. The SMILES string of the molecule is O=CNSP(NC=O)NC=O. The van der Waals surface area contributed by atoms with Crippen LogP contribution < -0.4 is 14.9 Å². The molecule has 0 rings (SSSR count). The molecule has 0 saturated heterocycles. The smallest absolute Gasteiger partial charge is 0.217 e. The van der Waals surface area contributed by atoms with Crippen LogP contribution in [-0.4, -0.2) is 19.2 Å². The average molecular weight is 195 g/mol. The van der Waals surface area contributed by atoms with Crippen molar-refractivity contribution < 1.29 is 14.4 Å². The number of nitrogens with one attached hydrogen (secondary N) is 3. The second kappa shape index (κ2) is 7.30. The first-order valence-corrected chi connectivity index (χ1v) is 5.17.